The third-order valence-electron chi connectivity index (χ3n) is 4.22. The Kier molecular flexibility index (Phi) is 10.6. The number of rotatable bonds is 12. The molecule has 0 aliphatic heterocycles. The summed E-state index contributed by atoms with van der Waals surface area (Å²) < 4.78 is 0. The van der Waals surface area contributed by atoms with Gasteiger partial charge < -0.3 is 20.1 Å². The predicted octanol–water partition coefficient (Wildman–Crippen LogP) is 3.50. The average Bonchev–Trinajstić information content (AvgIpc) is 2.43. The van der Waals surface area contributed by atoms with Gasteiger partial charge in [0.25, 0.3) is 0 Å². The van der Waals surface area contributed by atoms with Gasteiger partial charge in [0.05, 0.1) is 11.7 Å². The number of Topliss-reactive ketones (excluding diaryl/α,β-unsaturated/α-hetero) is 1. The molecule has 0 aromatic heterocycles. The number of hydrogen-bond acceptors (Lipinski definition) is 4. The lowest BCUT2D eigenvalue weighted by atomic mass is 9.87. The Hall–Kier alpha value is -1.46. The summed E-state index contributed by atoms with van der Waals surface area (Å²) in [5.41, 5.74) is -0.386. The van der Waals surface area contributed by atoms with Gasteiger partial charge in [-0.15, -0.1) is 0 Å². The highest BCUT2D eigenvalue weighted by Crippen LogP contribution is 2.23. The monoisotopic (exact) mass is 354 g/mol. The van der Waals surface area contributed by atoms with Crippen molar-refractivity contribution in [3.05, 3.63) is 23.8 Å². The molecule has 144 valence electrons. The minimum Gasteiger partial charge on any atom is -0.481 e. The highest BCUT2D eigenvalue weighted by atomic mass is 16.4. The standard InChI is InChI=1S/C20H34O5/c1-14(2)17(8-7-16(4)21)10-11-20(5,25)13-18(22)12-15(3)6-9-19(23)24/h10-12,14,17-18,22,25H,6-9,13H2,1-5H3,(H,23,24). The molecule has 3 N–H and O–H groups in total. The second kappa shape index (κ2) is 11.2. The number of allylic oxidation sites excluding steroid dienone is 2. The molecule has 3 atom stereocenters. The molecule has 25 heavy (non-hydrogen) atoms. The van der Waals surface area contributed by atoms with E-state index in [1.165, 1.54) is 0 Å². The van der Waals surface area contributed by atoms with E-state index in [-0.39, 0.29) is 24.5 Å². The number of aliphatic hydroxyl groups is 2. The number of carboxylic acids is 1. The zero-order valence-corrected chi connectivity index (χ0v) is 16.2. The topological polar surface area (TPSA) is 94.8 Å². The number of aliphatic carboxylic acids is 1. The van der Waals surface area contributed by atoms with E-state index in [1.807, 2.05) is 6.08 Å². The molecule has 5 heteroatoms. The van der Waals surface area contributed by atoms with E-state index in [0.29, 0.717) is 18.8 Å². The van der Waals surface area contributed by atoms with Crippen LogP contribution in [-0.2, 0) is 9.59 Å². The molecule has 0 amide bonds. The molecule has 0 bridgehead atoms. The summed E-state index contributed by atoms with van der Waals surface area (Å²) in [6, 6.07) is 0. The Morgan fingerprint density at radius 3 is 2.20 bits per heavy atom. The summed E-state index contributed by atoms with van der Waals surface area (Å²) in [4.78, 5) is 21.7. The molecule has 0 radical (unpaired) electrons. The van der Waals surface area contributed by atoms with Crippen molar-refractivity contribution in [1.29, 1.82) is 0 Å². The van der Waals surface area contributed by atoms with Crippen LogP contribution in [0, 0.1) is 11.8 Å². The number of ketones is 1. The molecular formula is C20H34O5. The fraction of sp³-hybridized carbons (Fsp3) is 0.700. The van der Waals surface area contributed by atoms with Gasteiger partial charge in [0.1, 0.15) is 5.78 Å². The van der Waals surface area contributed by atoms with Crippen molar-refractivity contribution >= 4 is 11.8 Å². The highest BCUT2D eigenvalue weighted by Gasteiger charge is 2.22. The fourth-order valence-corrected chi connectivity index (χ4v) is 2.62. The Bertz CT molecular complexity index is 488. The molecule has 0 rings (SSSR count). The number of carbonyl (C=O) groups is 2. The van der Waals surface area contributed by atoms with Crippen molar-refractivity contribution in [3.63, 3.8) is 0 Å². The van der Waals surface area contributed by atoms with Crippen LogP contribution in [0.4, 0.5) is 0 Å². The van der Waals surface area contributed by atoms with Crippen molar-refractivity contribution in [3.8, 4) is 0 Å². The molecule has 0 spiro atoms. The zero-order chi connectivity index (χ0) is 19.6. The van der Waals surface area contributed by atoms with Gasteiger partial charge in [0.15, 0.2) is 0 Å². The van der Waals surface area contributed by atoms with E-state index in [0.717, 1.165) is 12.0 Å². The molecule has 0 aliphatic rings. The van der Waals surface area contributed by atoms with Crippen LogP contribution in [-0.4, -0.2) is 38.8 Å². The second-order valence-electron chi connectivity index (χ2n) is 7.54. The van der Waals surface area contributed by atoms with Crippen LogP contribution in [0.3, 0.4) is 0 Å². The Labute approximate surface area is 151 Å². The first-order chi connectivity index (χ1) is 11.4. The molecule has 3 unspecified atom stereocenters. The van der Waals surface area contributed by atoms with Gasteiger partial charge in [-0.25, -0.2) is 0 Å². The fourth-order valence-electron chi connectivity index (χ4n) is 2.62. The van der Waals surface area contributed by atoms with Gasteiger partial charge in [-0.1, -0.05) is 37.6 Å². The van der Waals surface area contributed by atoms with Gasteiger partial charge >= 0.3 is 5.97 Å². The van der Waals surface area contributed by atoms with E-state index in [2.05, 4.69) is 13.8 Å². The normalized spacial score (nSPS) is 17.5. The summed E-state index contributed by atoms with van der Waals surface area (Å²) in [5.74, 6) is -0.166. The molecule has 5 nitrogen and oxygen atoms in total. The van der Waals surface area contributed by atoms with Crippen molar-refractivity contribution < 1.29 is 24.9 Å². The molecule has 0 saturated carbocycles. The lowest BCUT2D eigenvalue weighted by Gasteiger charge is -2.24. The number of carboxylic acid groups (broad SMARTS) is 1. The van der Waals surface area contributed by atoms with Crippen LogP contribution >= 0.6 is 0 Å². The van der Waals surface area contributed by atoms with Gasteiger partial charge in [-0.2, -0.15) is 0 Å². The number of carbonyl (C=O) groups excluding carboxylic acids is 1. The lowest BCUT2D eigenvalue weighted by molar-refractivity contribution is -0.137. The SMILES string of the molecule is CC(=O)CCC(C=CC(C)(O)CC(O)C=C(C)CCC(=O)O)C(C)C. The minimum absolute atomic E-state index is 0.0254. The van der Waals surface area contributed by atoms with E-state index >= 15 is 0 Å². The van der Waals surface area contributed by atoms with Gasteiger partial charge in [-0.3, -0.25) is 4.79 Å². The molecule has 0 aromatic rings. The summed E-state index contributed by atoms with van der Waals surface area (Å²) in [7, 11) is 0. The van der Waals surface area contributed by atoms with Crippen LogP contribution in [0.1, 0.15) is 66.7 Å². The number of aliphatic hydroxyl groups excluding tert-OH is 1. The van der Waals surface area contributed by atoms with E-state index in [1.54, 1.807) is 32.9 Å². The second-order valence-corrected chi connectivity index (χ2v) is 7.54. The number of hydrogen-bond donors (Lipinski definition) is 3. The van der Waals surface area contributed by atoms with Crippen LogP contribution in [0.2, 0.25) is 0 Å². The first-order valence-corrected chi connectivity index (χ1v) is 8.91. The molecule has 0 aliphatic carbocycles. The highest BCUT2D eigenvalue weighted by molar-refractivity contribution is 5.75. The third kappa shape index (κ3) is 12.5. The first-order valence-electron chi connectivity index (χ1n) is 8.91. The van der Waals surface area contributed by atoms with Crippen molar-refractivity contribution in [2.75, 3.05) is 0 Å². The summed E-state index contributed by atoms with van der Waals surface area (Å²) >= 11 is 0. The lowest BCUT2D eigenvalue weighted by Crippen LogP contribution is -2.27. The van der Waals surface area contributed by atoms with Gasteiger partial charge in [-0.05, 0) is 45.4 Å². The van der Waals surface area contributed by atoms with Crippen LogP contribution < -0.4 is 0 Å². The molecular weight excluding hydrogens is 320 g/mol. The quantitative estimate of drug-likeness (QED) is 0.466. The Morgan fingerprint density at radius 2 is 1.72 bits per heavy atom. The van der Waals surface area contributed by atoms with E-state index in [4.69, 9.17) is 5.11 Å². The molecule has 0 aromatic carbocycles. The van der Waals surface area contributed by atoms with Crippen molar-refractivity contribution in [1.82, 2.24) is 0 Å². The minimum atomic E-state index is -1.17. The summed E-state index contributed by atoms with van der Waals surface area (Å²) in [6.07, 6.45) is 6.18. The van der Waals surface area contributed by atoms with Crippen LogP contribution in [0.25, 0.3) is 0 Å². The van der Waals surface area contributed by atoms with E-state index < -0.39 is 17.7 Å². The maximum absolute atomic E-state index is 11.2. The van der Waals surface area contributed by atoms with Crippen molar-refractivity contribution in [2.24, 2.45) is 11.8 Å². The van der Waals surface area contributed by atoms with Crippen molar-refractivity contribution in [2.45, 2.75) is 78.4 Å². The first kappa shape index (κ1) is 23.5. The van der Waals surface area contributed by atoms with E-state index in [9.17, 15) is 19.8 Å². The summed E-state index contributed by atoms with van der Waals surface area (Å²) in [5, 5.41) is 29.3. The maximum atomic E-state index is 11.2. The molecule has 0 heterocycles. The third-order valence-corrected chi connectivity index (χ3v) is 4.22. The zero-order valence-electron chi connectivity index (χ0n) is 16.2. The molecule has 0 saturated heterocycles. The van der Waals surface area contributed by atoms with Gasteiger partial charge in [0, 0.05) is 19.3 Å². The molecule has 0 fully saturated rings. The Balaban J connectivity index is 4.73. The Morgan fingerprint density at radius 1 is 1.12 bits per heavy atom. The average molecular weight is 354 g/mol. The van der Waals surface area contributed by atoms with Gasteiger partial charge in [0.2, 0.25) is 0 Å². The van der Waals surface area contributed by atoms with Crippen LogP contribution in [0.15, 0.2) is 23.8 Å². The smallest absolute Gasteiger partial charge is 0.303 e. The largest absolute Gasteiger partial charge is 0.481 e. The predicted molar refractivity (Wildman–Crippen MR) is 99.3 cm³/mol. The maximum Gasteiger partial charge on any atom is 0.303 e. The summed E-state index contributed by atoms with van der Waals surface area (Å²) in [6.45, 7) is 9.13. The van der Waals surface area contributed by atoms with Crippen LogP contribution in [0.5, 0.6) is 0 Å².